The quantitative estimate of drug-likeness (QED) is 0.432. The number of para-hydroxylation sites is 3. The lowest BCUT2D eigenvalue weighted by Gasteiger charge is -2.34. The number of carbonyl (C=O) groups is 1. The fraction of sp³-hybridized carbons (Fsp3) is 0.346. The van der Waals surface area contributed by atoms with Crippen LogP contribution in [0.3, 0.4) is 0 Å². The number of ether oxygens (including phenoxy) is 1. The van der Waals surface area contributed by atoms with Gasteiger partial charge in [-0.2, -0.15) is 0 Å². The maximum atomic E-state index is 13.4. The molecule has 33 heavy (non-hydrogen) atoms. The van der Waals surface area contributed by atoms with Crippen LogP contribution in [0.25, 0.3) is 11.0 Å². The van der Waals surface area contributed by atoms with Gasteiger partial charge in [-0.15, -0.1) is 0 Å². The smallest absolute Gasteiger partial charge is 0.243 e. The van der Waals surface area contributed by atoms with Gasteiger partial charge >= 0.3 is 0 Å². The molecular weight excluding hydrogens is 416 g/mol. The molecule has 1 amide bonds. The lowest BCUT2D eigenvalue weighted by atomic mass is 10.0. The van der Waals surface area contributed by atoms with Crippen LogP contribution in [-0.2, 0) is 17.8 Å². The third-order valence-corrected chi connectivity index (χ3v) is 6.38. The first-order valence-corrected chi connectivity index (χ1v) is 11.4. The molecule has 0 N–H and O–H groups in total. The molecule has 7 heteroatoms. The van der Waals surface area contributed by atoms with Crippen LogP contribution >= 0.6 is 0 Å². The molecule has 7 nitrogen and oxygen atoms in total. The zero-order valence-electron chi connectivity index (χ0n) is 19.0. The number of fused-ring (bicyclic) bond motifs is 1. The number of hydrogen-bond acceptors (Lipinski definition) is 5. The summed E-state index contributed by atoms with van der Waals surface area (Å²) in [6.45, 7) is 2.91. The van der Waals surface area contributed by atoms with Gasteiger partial charge in [0.2, 0.25) is 11.8 Å². The first kappa shape index (κ1) is 21.2. The molecule has 0 radical (unpaired) electrons. The molecule has 0 unspecified atom stereocenters. The maximum absolute atomic E-state index is 13.4. The van der Waals surface area contributed by atoms with Crippen molar-refractivity contribution >= 4 is 16.9 Å². The number of oxazole rings is 1. The molecular formula is C26H28N4O3. The van der Waals surface area contributed by atoms with Crippen LogP contribution in [0.2, 0.25) is 0 Å². The van der Waals surface area contributed by atoms with Gasteiger partial charge < -0.3 is 18.6 Å². The molecule has 170 valence electrons. The first-order chi connectivity index (χ1) is 16.1. The summed E-state index contributed by atoms with van der Waals surface area (Å²) in [6.07, 6.45) is 5.25. The molecule has 5 rings (SSSR count). The van der Waals surface area contributed by atoms with Crippen LogP contribution in [0.15, 0.2) is 59.1 Å². The number of rotatable bonds is 6. The van der Waals surface area contributed by atoms with Crippen LogP contribution in [-0.4, -0.2) is 39.0 Å². The summed E-state index contributed by atoms with van der Waals surface area (Å²) in [7, 11) is 1.67. The molecule has 3 heterocycles. The van der Waals surface area contributed by atoms with Crippen LogP contribution in [0, 0.1) is 6.92 Å². The number of likely N-dealkylation sites (tertiary alicyclic amines) is 1. The van der Waals surface area contributed by atoms with E-state index in [1.165, 1.54) is 0 Å². The third kappa shape index (κ3) is 4.23. The fourth-order valence-electron chi connectivity index (χ4n) is 4.70. The zero-order chi connectivity index (χ0) is 22.8. The van der Waals surface area contributed by atoms with Crippen LogP contribution in [0.4, 0.5) is 0 Å². The Morgan fingerprint density at radius 3 is 2.85 bits per heavy atom. The Balaban J connectivity index is 1.36. The summed E-state index contributed by atoms with van der Waals surface area (Å²) in [5.74, 6) is 3.11. The highest BCUT2D eigenvalue weighted by molar-refractivity contribution is 5.81. The number of piperidine rings is 1. The van der Waals surface area contributed by atoms with E-state index in [2.05, 4.69) is 9.97 Å². The van der Waals surface area contributed by atoms with E-state index in [-0.39, 0.29) is 18.5 Å². The highest BCUT2D eigenvalue weighted by Gasteiger charge is 2.32. The molecule has 0 saturated carbocycles. The van der Waals surface area contributed by atoms with Crippen molar-refractivity contribution in [2.24, 2.45) is 0 Å². The van der Waals surface area contributed by atoms with Crippen LogP contribution in [0.1, 0.15) is 48.3 Å². The molecule has 4 aromatic rings. The summed E-state index contributed by atoms with van der Waals surface area (Å²) in [5, 5.41) is 0. The summed E-state index contributed by atoms with van der Waals surface area (Å²) < 4.78 is 13.6. The average molecular weight is 445 g/mol. The van der Waals surface area contributed by atoms with Crippen molar-refractivity contribution in [3.8, 4) is 5.75 Å². The van der Waals surface area contributed by atoms with E-state index in [1.807, 2.05) is 64.9 Å². The van der Waals surface area contributed by atoms with E-state index in [0.29, 0.717) is 18.9 Å². The van der Waals surface area contributed by atoms with E-state index in [0.717, 1.165) is 53.2 Å². The van der Waals surface area contributed by atoms with Gasteiger partial charge in [0.1, 0.15) is 29.9 Å². The summed E-state index contributed by atoms with van der Waals surface area (Å²) in [6, 6.07) is 15.7. The largest absolute Gasteiger partial charge is 0.496 e. The van der Waals surface area contributed by atoms with E-state index in [1.54, 1.807) is 13.3 Å². The van der Waals surface area contributed by atoms with Crippen LogP contribution < -0.4 is 4.74 Å². The predicted molar refractivity (Wildman–Crippen MR) is 125 cm³/mol. The molecule has 1 aliphatic heterocycles. The Bertz CT molecular complexity index is 1280. The second-order valence-corrected chi connectivity index (χ2v) is 8.49. The SMILES string of the molecule is COc1ccccc1Cc1cnc([C@@H]2CCCCN2C(=O)Cn2c(C)nc3ccccc32)o1. The van der Waals surface area contributed by atoms with E-state index >= 15 is 0 Å². The van der Waals surface area contributed by atoms with Gasteiger partial charge in [0.15, 0.2) is 0 Å². The Morgan fingerprint density at radius 1 is 1.15 bits per heavy atom. The Kier molecular flexibility index (Phi) is 5.86. The van der Waals surface area contributed by atoms with E-state index in [4.69, 9.17) is 9.15 Å². The predicted octanol–water partition coefficient (Wildman–Crippen LogP) is 4.69. The van der Waals surface area contributed by atoms with Gasteiger partial charge in [-0.25, -0.2) is 9.97 Å². The summed E-state index contributed by atoms with van der Waals surface area (Å²) >= 11 is 0. The Morgan fingerprint density at radius 2 is 1.97 bits per heavy atom. The van der Waals surface area contributed by atoms with Crippen molar-refractivity contribution in [2.45, 2.75) is 45.2 Å². The number of hydrogen-bond donors (Lipinski definition) is 0. The summed E-state index contributed by atoms with van der Waals surface area (Å²) in [5.41, 5.74) is 2.93. The number of aryl methyl sites for hydroxylation is 1. The second-order valence-electron chi connectivity index (χ2n) is 8.49. The number of benzene rings is 2. The number of carbonyl (C=O) groups excluding carboxylic acids is 1. The molecule has 1 saturated heterocycles. The van der Waals surface area contributed by atoms with Crippen molar-refractivity contribution in [1.82, 2.24) is 19.4 Å². The lowest BCUT2D eigenvalue weighted by molar-refractivity contribution is -0.136. The first-order valence-electron chi connectivity index (χ1n) is 11.4. The highest BCUT2D eigenvalue weighted by Crippen LogP contribution is 2.32. The van der Waals surface area contributed by atoms with E-state index in [9.17, 15) is 4.79 Å². The Labute approximate surface area is 193 Å². The van der Waals surface area contributed by atoms with Crippen molar-refractivity contribution in [2.75, 3.05) is 13.7 Å². The van der Waals surface area contributed by atoms with Gasteiger partial charge in [0.25, 0.3) is 0 Å². The molecule has 2 aromatic carbocycles. The monoisotopic (exact) mass is 444 g/mol. The number of nitrogens with zero attached hydrogens (tertiary/aromatic N) is 4. The van der Waals surface area contributed by atoms with Crippen molar-refractivity contribution in [1.29, 1.82) is 0 Å². The van der Waals surface area contributed by atoms with Gasteiger partial charge in [0, 0.05) is 18.5 Å². The molecule has 0 spiro atoms. The highest BCUT2D eigenvalue weighted by atomic mass is 16.5. The number of imidazole rings is 1. The van der Waals surface area contributed by atoms with Crippen molar-refractivity contribution in [3.63, 3.8) is 0 Å². The molecule has 1 aliphatic rings. The second kappa shape index (κ2) is 9.10. The minimum Gasteiger partial charge on any atom is -0.496 e. The van der Waals surface area contributed by atoms with E-state index < -0.39 is 0 Å². The maximum Gasteiger partial charge on any atom is 0.243 e. The summed E-state index contributed by atoms with van der Waals surface area (Å²) in [4.78, 5) is 24.5. The number of methoxy groups -OCH3 is 1. The van der Waals surface area contributed by atoms with Gasteiger partial charge in [-0.1, -0.05) is 30.3 Å². The van der Waals surface area contributed by atoms with Gasteiger partial charge in [-0.3, -0.25) is 4.79 Å². The third-order valence-electron chi connectivity index (χ3n) is 6.38. The molecule has 0 bridgehead atoms. The number of aromatic nitrogens is 3. The van der Waals surface area contributed by atoms with Crippen molar-refractivity contribution in [3.05, 3.63) is 77.8 Å². The molecule has 1 atom stereocenters. The molecule has 0 aliphatic carbocycles. The lowest BCUT2D eigenvalue weighted by Crippen LogP contribution is -2.40. The topological polar surface area (TPSA) is 73.4 Å². The normalized spacial score (nSPS) is 16.3. The fourth-order valence-corrected chi connectivity index (χ4v) is 4.70. The average Bonchev–Trinajstić information content (AvgIpc) is 3.43. The molecule has 1 fully saturated rings. The zero-order valence-corrected chi connectivity index (χ0v) is 19.0. The van der Waals surface area contributed by atoms with Gasteiger partial charge in [0.05, 0.1) is 24.3 Å². The van der Waals surface area contributed by atoms with Gasteiger partial charge in [-0.05, 0) is 44.4 Å². The van der Waals surface area contributed by atoms with Crippen LogP contribution in [0.5, 0.6) is 5.75 Å². The minimum atomic E-state index is -0.146. The standard InChI is InChI=1S/C26H28N4O3/c1-18-28-21-10-4-5-11-22(21)30(18)17-25(31)29-14-8-7-12-23(29)26-27-16-20(33-26)15-19-9-3-6-13-24(19)32-2/h3-6,9-11,13,16,23H,7-8,12,14-15,17H2,1-2H3/t23-/m0/s1. The molecule has 2 aromatic heterocycles. The Hall–Kier alpha value is -3.61. The minimum absolute atomic E-state index is 0.0652. The number of amides is 1. The van der Waals surface area contributed by atoms with Crippen molar-refractivity contribution < 1.29 is 13.9 Å².